The fourth-order valence-electron chi connectivity index (χ4n) is 2.76. The molecule has 1 aromatic rings. The minimum atomic E-state index is -6.52. The van der Waals surface area contributed by atoms with Crippen molar-refractivity contribution in [3.8, 4) is 0 Å². The molecule has 0 bridgehead atoms. The van der Waals surface area contributed by atoms with Gasteiger partial charge in [0, 0.05) is 20.1 Å². The largest absolute Gasteiger partial charge is 0.523 e. The van der Waals surface area contributed by atoms with Crippen LogP contribution in [0.15, 0.2) is 51.8 Å². The molecule has 154 valence electrons. The molecule has 0 spiro atoms. The summed E-state index contributed by atoms with van der Waals surface area (Å²) in [5.41, 5.74) is -11.0. The van der Waals surface area contributed by atoms with Crippen LogP contribution in [0.5, 0.6) is 0 Å². The fraction of sp³-hybridized carbons (Fsp3) is 0.294. The van der Waals surface area contributed by atoms with Crippen molar-refractivity contribution >= 4 is 26.5 Å². The van der Waals surface area contributed by atoms with Crippen LogP contribution in [0.25, 0.3) is 6.08 Å². The summed E-state index contributed by atoms with van der Waals surface area (Å²) in [5.74, 6) is -0.235. The molecule has 0 N–H and O–H groups in total. The van der Waals surface area contributed by atoms with Gasteiger partial charge in [-0.1, -0.05) is 44.2 Å². The lowest BCUT2D eigenvalue weighted by atomic mass is 10.0. The zero-order valence-electron chi connectivity index (χ0n) is 14.4. The molecule has 1 aliphatic heterocycles. The number of hydrogen-bond acceptors (Lipinski definition) is 3. The van der Waals surface area contributed by atoms with Crippen molar-refractivity contribution in [2.75, 3.05) is 0 Å². The standard InChI is InChI=1S/C17H14F6O3S2/c1-10(2)12-6-7-13-9-14(11-4-3-5-11)27(15(13)8-12,16(18,19)20)26-28(24,25)17(21,22)23/h3-10H,1-2H3. The molecular weight excluding hydrogens is 430 g/mol. The van der Waals surface area contributed by atoms with Crippen molar-refractivity contribution in [1.29, 1.82) is 0 Å². The van der Waals surface area contributed by atoms with E-state index in [0.717, 1.165) is 12.1 Å². The third-order valence-corrected chi connectivity index (χ3v) is 8.95. The number of hydrogen-bond donors (Lipinski definition) is 0. The van der Waals surface area contributed by atoms with Crippen molar-refractivity contribution in [2.45, 2.75) is 35.7 Å². The molecule has 1 aromatic carbocycles. The smallest absolute Gasteiger partial charge is 0.196 e. The minimum absolute atomic E-state index is 0.0213. The van der Waals surface area contributed by atoms with E-state index in [9.17, 15) is 34.8 Å². The molecule has 28 heavy (non-hydrogen) atoms. The van der Waals surface area contributed by atoms with Crippen LogP contribution in [0.2, 0.25) is 0 Å². The Labute approximate surface area is 159 Å². The fourth-order valence-corrected chi connectivity index (χ4v) is 7.30. The highest BCUT2D eigenvalue weighted by molar-refractivity contribution is 8.37. The molecule has 0 saturated carbocycles. The summed E-state index contributed by atoms with van der Waals surface area (Å²) in [5, 5.41) is 0. The van der Waals surface area contributed by atoms with Crippen LogP contribution in [0.1, 0.15) is 30.9 Å². The van der Waals surface area contributed by atoms with Crippen LogP contribution in [0.4, 0.5) is 26.3 Å². The van der Waals surface area contributed by atoms with Gasteiger partial charge in [-0.25, -0.2) is 0 Å². The average molecular weight is 444 g/mol. The lowest BCUT2D eigenvalue weighted by Gasteiger charge is -2.40. The zero-order valence-corrected chi connectivity index (χ0v) is 16.1. The summed E-state index contributed by atoms with van der Waals surface area (Å²) in [6.45, 7) is 3.39. The van der Waals surface area contributed by atoms with E-state index in [1.54, 1.807) is 19.9 Å². The number of rotatable bonds is 4. The first kappa shape index (κ1) is 21.0. The van der Waals surface area contributed by atoms with Crippen LogP contribution in [-0.4, -0.2) is 19.4 Å². The van der Waals surface area contributed by atoms with Crippen LogP contribution in [-0.2, 0) is 13.7 Å². The number of benzene rings is 1. The zero-order chi connectivity index (χ0) is 21.1. The molecule has 0 fully saturated rings. The third kappa shape index (κ3) is 3.09. The lowest BCUT2D eigenvalue weighted by molar-refractivity contribution is -0.0545. The third-order valence-electron chi connectivity index (χ3n) is 4.25. The molecule has 0 aromatic heterocycles. The molecule has 11 heteroatoms. The van der Waals surface area contributed by atoms with Gasteiger partial charge < -0.3 is 0 Å². The van der Waals surface area contributed by atoms with Gasteiger partial charge >= 0.3 is 21.1 Å². The Bertz CT molecular complexity index is 1020. The first-order valence-corrected chi connectivity index (χ1v) is 10.8. The van der Waals surface area contributed by atoms with E-state index in [-0.39, 0.29) is 17.1 Å². The quantitative estimate of drug-likeness (QED) is 0.415. The monoisotopic (exact) mass is 444 g/mol. The van der Waals surface area contributed by atoms with E-state index in [2.05, 4.69) is 3.63 Å². The second kappa shape index (κ2) is 6.39. The SMILES string of the molecule is CC(C)c1ccc2c(c1)S(OS(=O)(=O)C(F)(F)F)(C(F)(F)F)C(C1=CC=C1)=C2. The topological polar surface area (TPSA) is 43.4 Å². The molecule has 1 unspecified atom stereocenters. The summed E-state index contributed by atoms with van der Waals surface area (Å²) in [7, 11) is -11.5. The van der Waals surface area contributed by atoms with E-state index < -0.39 is 41.2 Å². The summed E-state index contributed by atoms with van der Waals surface area (Å²) in [4.78, 5) is -1.22. The van der Waals surface area contributed by atoms with Crippen molar-refractivity contribution in [3.05, 3.63) is 58.0 Å². The molecule has 2 aliphatic rings. The minimum Gasteiger partial charge on any atom is -0.196 e. The summed E-state index contributed by atoms with van der Waals surface area (Å²) < 4.78 is 109. The second-order valence-corrected chi connectivity index (χ2v) is 10.8. The van der Waals surface area contributed by atoms with Gasteiger partial charge in [-0.3, -0.25) is 0 Å². The normalized spacial score (nSPS) is 24.3. The van der Waals surface area contributed by atoms with E-state index in [0.29, 0.717) is 5.56 Å². The maximum atomic E-state index is 14.3. The number of alkyl halides is 6. The molecule has 3 rings (SSSR count). The summed E-state index contributed by atoms with van der Waals surface area (Å²) >= 11 is 0. The van der Waals surface area contributed by atoms with E-state index in [4.69, 9.17) is 0 Å². The summed E-state index contributed by atoms with van der Waals surface area (Å²) in [6, 6.07) is 3.96. The van der Waals surface area contributed by atoms with Crippen molar-refractivity contribution in [1.82, 2.24) is 0 Å². The molecular formula is C17H14F6O3S2. The number of halogens is 6. The molecule has 3 nitrogen and oxygen atoms in total. The average Bonchev–Trinajstić information content (AvgIpc) is 2.78. The molecule has 0 amide bonds. The van der Waals surface area contributed by atoms with E-state index in [1.807, 2.05) is 0 Å². The highest BCUT2D eigenvalue weighted by atomic mass is 32.3. The Kier molecular flexibility index (Phi) is 4.80. The molecule has 1 heterocycles. The predicted molar refractivity (Wildman–Crippen MR) is 93.7 cm³/mol. The Hall–Kier alpha value is -1.72. The lowest BCUT2D eigenvalue weighted by Crippen LogP contribution is -2.32. The van der Waals surface area contributed by atoms with Crippen LogP contribution in [0, 0.1) is 0 Å². The van der Waals surface area contributed by atoms with Crippen molar-refractivity contribution in [2.24, 2.45) is 0 Å². The van der Waals surface area contributed by atoms with Crippen molar-refractivity contribution < 1.29 is 38.4 Å². The number of allylic oxidation sites excluding steroid dienone is 4. The van der Waals surface area contributed by atoms with Gasteiger partial charge in [0.15, 0.2) is 0 Å². The molecule has 0 radical (unpaired) electrons. The maximum absolute atomic E-state index is 14.3. The van der Waals surface area contributed by atoms with Crippen LogP contribution >= 0.6 is 10.3 Å². The molecule has 1 atom stereocenters. The van der Waals surface area contributed by atoms with Gasteiger partial charge in [0.1, 0.15) is 0 Å². The van der Waals surface area contributed by atoms with Gasteiger partial charge in [0.25, 0.3) is 0 Å². The summed E-state index contributed by atoms with van der Waals surface area (Å²) in [6.07, 6.45) is 4.97. The predicted octanol–water partition coefficient (Wildman–Crippen LogP) is 6.13. The Morgan fingerprint density at radius 1 is 1.07 bits per heavy atom. The van der Waals surface area contributed by atoms with Gasteiger partial charge in [-0.15, -0.1) is 0 Å². The van der Waals surface area contributed by atoms with E-state index >= 15 is 0 Å². The Morgan fingerprint density at radius 2 is 1.68 bits per heavy atom. The Balaban J connectivity index is 2.32. The Morgan fingerprint density at radius 3 is 2.11 bits per heavy atom. The van der Waals surface area contributed by atoms with Gasteiger partial charge in [0.05, 0.1) is 0 Å². The van der Waals surface area contributed by atoms with E-state index in [1.165, 1.54) is 24.3 Å². The number of fused-ring (bicyclic) bond motifs is 1. The maximum Gasteiger partial charge on any atom is 0.523 e. The first-order chi connectivity index (χ1) is 12.7. The highest BCUT2D eigenvalue weighted by Crippen LogP contribution is 2.79. The molecule has 0 saturated heterocycles. The highest BCUT2D eigenvalue weighted by Gasteiger charge is 2.64. The molecule has 1 aliphatic carbocycles. The second-order valence-electron chi connectivity index (χ2n) is 6.41. The van der Waals surface area contributed by atoms with Crippen LogP contribution < -0.4 is 0 Å². The van der Waals surface area contributed by atoms with Gasteiger partial charge in [-0.2, -0.15) is 38.4 Å². The first-order valence-electron chi connectivity index (χ1n) is 7.87. The van der Waals surface area contributed by atoms with Crippen molar-refractivity contribution in [3.63, 3.8) is 0 Å². The van der Waals surface area contributed by atoms with Gasteiger partial charge in [0.2, 0.25) is 0 Å². The van der Waals surface area contributed by atoms with Gasteiger partial charge in [-0.05, 0) is 34.8 Å². The van der Waals surface area contributed by atoms with Crippen LogP contribution in [0.3, 0.4) is 0 Å².